The van der Waals surface area contributed by atoms with Gasteiger partial charge < -0.3 is 0 Å². The number of hydrogen-bond acceptors (Lipinski definition) is 2. The Balaban J connectivity index is 3.05. The van der Waals surface area contributed by atoms with E-state index in [1.54, 1.807) is 0 Å². The summed E-state index contributed by atoms with van der Waals surface area (Å²) in [6.07, 6.45) is 1.63. The fourth-order valence-corrected chi connectivity index (χ4v) is 2.92. The molecule has 1 aromatic carbocycles. The summed E-state index contributed by atoms with van der Waals surface area (Å²) in [5, 5.41) is 0. The second-order valence-electron chi connectivity index (χ2n) is 4.08. The molecule has 6 heteroatoms. The second kappa shape index (κ2) is 6.50. The van der Waals surface area contributed by atoms with Crippen LogP contribution in [0.4, 0.5) is 4.39 Å². The number of alkyl halides is 1. The number of nitrogens with zero attached hydrogens (tertiary/aromatic N) is 1. The van der Waals surface area contributed by atoms with Gasteiger partial charge in [-0.2, -0.15) is 0 Å². The first-order valence-corrected chi connectivity index (χ1v) is 7.71. The summed E-state index contributed by atoms with van der Waals surface area (Å²) in [5.74, 6) is -0.598. The predicted molar refractivity (Wildman–Crippen MR) is 70.7 cm³/mol. The molecular formula is C12H17ClFNO2S. The van der Waals surface area contributed by atoms with Crippen molar-refractivity contribution in [2.24, 2.45) is 0 Å². The molecule has 0 atom stereocenters. The zero-order valence-corrected chi connectivity index (χ0v) is 12.1. The average Bonchev–Trinajstić information content (AvgIpc) is 2.35. The lowest BCUT2D eigenvalue weighted by Gasteiger charge is -2.17. The van der Waals surface area contributed by atoms with Crippen LogP contribution in [0, 0.1) is 5.82 Å². The number of unbranched alkanes of at least 4 members (excludes halogenated alkanes) is 1. The predicted octanol–water partition coefficient (Wildman–Crippen LogP) is 2.99. The Hall–Kier alpha value is -0.650. The van der Waals surface area contributed by atoms with Crippen molar-refractivity contribution in [1.29, 1.82) is 0 Å². The molecule has 3 nitrogen and oxygen atoms in total. The molecule has 0 saturated carbocycles. The van der Waals surface area contributed by atoms with Crippen LogP contribution in [-0.2, 0) is 15.9 Å². The Morgan fingerprint density at radius 3 is 2.56 bits per heavy atom. The Morgan fingerprint density at radius 1 is 1.39 bits per heavy atom. The Labute approximate surface area is 113 Å². The van der Waals surface area contributed by atoms with Crippen LogP contribution in [0.15, 0.2) is 23.1 Å². The molecule has 0 aliphatic heterocycles. The summed E-state index contributed by atoms with van der Waals surface area (Å²) in [4.78, 5) is -0.296. The van der Waals surface area contributed by atoms with E-state index in [1.165, 1.54) is 23.5 Å². The lowest BCUT2D eigenvalue weighted by Crippen LogP contribution is -2.28. The molecule has 0 aliphatic carbocycles. The van der Waals surface area contributed by atoms with Gasteiger partial charge in [-0.15, -0.1) is 11.6 Å². The van der Waals surface area contributed by atoms with Gasteiger partial charge in [0.05, 0.1) is 0 Å². The van der Waals surface area contributed by atoms with Gasteiger partial charge in [-0.1, -0.05) is 19.4 Å². The first-order valence-electron chi connectivity index (χ1n) is 5.74. The smallest absolute Gasteiger partial charge is 0.207 e. The van der Waals surface area contributed by atoms with Crippen molar-refractivity contribution in [3.63, 3.8) is 0 Å². The Kier molecular flexibility index (Phi) is 5.56. The van der Waals surface area contributed by atoms with Crippen LogP contribution in [0.25, 0.3) is 0 Å². The third kappa shape index (κ3) is 3.43. The molecule has 0 radical (unpaired) electrons. The molecule has 0 N–H and O–H groups in total. The molecule has 0 bridgehead atoms. The molecule has 0 fully saturated rings. The van der Waals surface area contributed by atoms with Crippen LogP contribution in [-0.4, -0.2) is 26.3 Å². The highest BCUT2D eigenvalue weighted by molar-refractivity contribution is 7.89. The topological polar surface area (TPSA) is 37.4 Å². The third-order valence-electron chi connectivity index (χ3n) is 2.67. The maximum Gasteiger partial charge on any atom is 0.245 e. The van der Waals surface area contributed by atoms with E-state index < -0.39 is 15.8 Å². The average molecular weight is 294 g/mol. The van der Waals surface area contributed by atoms with Crippen LogP contribution in [0.2, 0.25) is 0 Å². The van der Waals surface area contributed by atoms with Crippen molar-refractivity contribution >= 4 is 21.6 Å². The minimum atomic E-state index is -3.75. The van der Waals surface area contributed by atoms with E-state index in [9.17, 15) is 12.8 Å². The number of sulfonamides is 1. The lowest BCUT2D eigenvalue weighted by molar-refractivity contribution is 0.453. The van der Waals surface area contributed by atoms with Crippen LogP contribution in [0.5, 0.6) is 0 Å². The van der Waals surface area contributed by atoms with Gasteiger partial charge in [0.2, 0.25) is 10.0 Å². The van der Waals surface area contributed by atoms with Crippen molar-refractivity contribution in [3.8, 4) is 0 Å². The van der Waals surface area contributed by atoms with Crippen LogP contribution in [0.3, 0.4) is 0 Å². The molecule has 0 aromatic heterocycles. The highest BCUT2D eigenvalue weighted by atomic mass is 35.5. The van der Waals surface area contributed by atoms with Crippen molar-refractivity contribution in [2.45, 2.75) is 30.5 Å². The molecule has 0 saturated heterocycles. The summed E-state index contributed by atoms with van der Waals surface area (Å²) in [7, 11) is -2.29. The maximum atomic E-state index is 13.8. The normalized spacial score (nSPS) is 12.1. The van der Waals surface area contributed by atoms with E-state index in [1.807, 2.05) is 6.92 Å². The lowest BCUT2D eigenvalue weighted by atomic mass is 10.2. The molecule has 1 aromatic rings. The summed E-state index contributed by atoms with van der Waals surface area (Å²) >= 11 is 5.57. The molecule has 0 heterocycles. The fraction of sp³-hybridized carbons (Fsp3) is 0.500. The van der Waals surface area contributed by atoms with Crippen molar-refractivity contribution < 1.29 is 12.8 Å². The molecule has 1 rings (SSSR count). The van der Waals surface area contributed by atoms with Gasteiger partial charge in [-0.25, -0.2) is 17.1 Å². The standard InChI is InChI=1S/C12H17ClFNO2S/c1-3-4-7-15(2)18(16,17)12-6-5-10(9-13)8-11(12)14/h5-6,8H,3-4,7,9H2,1-2H3. The third-order valence-corrected chi connectivity index (χ3v) is 4.86. The zero-order chi connectivity index (χ0) is 13.8. The van der Waals surface area contributed by atoms with Gasteiger partial charge in [0, 0.05) is 19.5 Å². The first kappa shape index (κ1) is 15.4. The van der Waals surface area contributed by atoms with Gasteiger partial charge >= 0.3 is 0 Å². The van der Waals surface area contributed by atoms with E-state index in [-0.39, 0.29) is 10.8 Å². The molecule has 18 heavy (non-hydrogen) atoms. The Bertz CT molecular complexity index is 505. The van der Waals surface area contributed by atoms with E-state index in [0.29, 0.717) is 12.1 Å². The van der Waals surface area contributed by atoms with Gasteiger partial charge in [0.25, 0.3) is 0 Å². The maximum absolute atomic E-state index is 13.8. The summed E-state index contributed by atoms with van der Waals surface area (Å²) < 4.78 is 39.1. The minimum absolute atomic E-state index is 0.156. The van der Waals surface area contributed by atoms with Crippen LogP contribution in [0.1, 0.15) is 25.3 Å². The van der Waals surface area contributed by atoms with Gasteiger partial charge in [-0.3, -0.25) is 0 Å². The summed E-state index contributed by atoms with van der Waals surface area (Å²) in [6, 6.07) is 3.95. The highest BCUT2D eigenvalue weighted by Gasteiger charge is 2.23. The summed E-state index contributed by atoms with van der Waals surface area (Å²) in [6.45, 7) is 2.35. The highest BCUT2D eigenvalue weighted by Crippen LogP contribution is 2.20. The van der Waals surface area contributed by atoms with Gasteiger partial charge in [0.15, 0.2) is 0 Å². The van der Waals surface area contributed by atoms with Gasteiger partial charge in [0.1, 0.15) is 10.7 Å². The van der Waals surface area contributed by atoms with Crippen molar-refractivity contribution in [3.05, 3.63) is 29.6 Å². The first-order chi connectivity index (χ1) is 8.43. The SMILES string of the molecule is CCCCN(C)S(=O)(=O)c1ccc(CCl)cc1F. The minimum Gasteiger partial charge on any atom is -0.207 e. The fourth-order valence-electron chi connectivity index (χ4n) is 1.51. The molecule has 0 aliphatic rings. The van der Waals surface area contributed by atoms with E-state index in [0.717, 1.165) is 18.9 Å². The van der Waals surface area contributed by atoms with Crippen molar-refractivity contribution in [2.75, 3.05) is 13.6 Å². The molecule has 0 unspecified atom stereocenters. The number of rotatable bonds is 6. The molecular weight excluding hydrogens is 277 g/mol. The Morgan fingerprint density at radius 2 is 2.06 bits per heavy atom. The molecule has 0 spiro atoms. The second-order valence-corrected chi connectivity index (χ2v) is 6.36. The van der Waals surface area contributed by atoms with E-state index in [2.05, 4.69) is 0 Å². The monoisotopic (exact) mass is 293 g/mol. The summed E-state index contributed by atoms with van der Waals surface area (Å²) in [5.41, 5.74) is 0.560. The quantitative estimate of drug-likeness (QED) is 0.756. The van der Waals surface area contributed by atoms with E-state index >= 15 is 0 Å². The van der Waals surface area contributed by atoms with Crippen LogP contribution < -0.4 is 0 Å². The number of benzene rings is 1. The number of hydrogen-bond donors (Lipinski definition) is 0. The molecule has 102 valence electrons. The number of halogens is 2. The molecule has 0 amide bonds. The van der Waals surface area contributed by atoms with Crippen molar-refractivity contribution in [1.82, 2.24) is 4.31 Å². The largest absolute Gasteiger partial charge is 0.245 e. The zero-order valence-electron chi connectivity index (χ0n) is 10.5. The van der Waals surface area contributed by atoms with E-state index in [4.69, 9.17) is 11.6 Å². The van der Waals surface area contributed by atoms with Gasteiger partial charge in [-0.05, 0) is 24.1 Å². The van der Waals surface area contributed by atoms with Crippen LogP contribution >= 0.6 is 11.6 Å².